The Morgan fingerprint density at radius 1 is 0.184 bits per heavy atom. The maximum absolute atomic E-state index is 2.34. The van der Waals surface area contributed by atoms with E-state index in [-0.39, 0.29) is 0 Å². The zero-order chi connectivity index (χ0) is 50.9. The van der Waals surface area contributed by atoms with Gasteiger partial charge in [-0.05, 0) is 186 Å². The van der Waals surface area contributed by atoms with Crippen molar-refractivity contribution in [3.8, 4) is 33.4 Å². The van der Waals surface area contributed by atoms with Gasteiger partial charge in [-0.2, -0.15) is 0 Å². The van der Waals surface area contributed by atoms with Crippen LogP contribution in [0.3, 0.4) is 0 Å². The molecule has 76 heavy (non-hydrogen) atoms. The van der Waals surface area contributed by atoms with Crippen LogP contribution in [0, 0.1) is 0 Å². The highest BCUT2D eigenvalue weighted by atomic mass is 15.2. The van der Waals surface area contributed by atoms with Gasteiger partial charge < -0.3 is 19.6 Å². The molecule has 4 nitrogen and oxygen atoms in total. The number of rotatable bonds is 15. The number of nitrogens with zero attached hydrogens (tertiary/aromatic N) is 4. The zero-order valence-corrected chi connectivity index (χ0v) is 42.2. The molecule has 1 aliphatic rings. The molecule has 0 radical (unpaired) electrons. The van der Waals surface area contributed by atoms with Crippen molar-refractivity contribution in [2.45, 2.75) is 12.8 Å². The highest BCUT2D eigenvalue weighted by Crippen LogP contribution is 2.41. The third-order valence-electron chi connectivity index (χ3n) is 14.1. The van der Waals surface area contributed by atoms with Gasteiger partial charge >= 0.3 is 0 Å². The molecule has 0 unspecified atom stereocenters. The molecule has 364 valence electrons. The average Bonchev–Trinajstić information content (AvgIpc) is 3.51. The number of para-hydroxylation sites is 5. The molecule has 0 aromatic heterocycles. The molecule has 0 spiro atoms. The molecule has 11 aromatic rings. The van der Waals surface area contributed by atoms with Crippen molar-refractivity contribution in [1.29, 1.82) is 0 Å². The van der Waals surface area contributed by atoms with E-state index in [1.54, 1.807) is 0 Å². The van der Waals surface area contributed by atoms with E-state index >= 15 is 0 Å². The second kappa shape index (κ2) is 22.1. The molecule has 1 aliphatic carbocycles. The van der Waals surface area contributed by atoms with E-state index in [1.165, 1.54) is 16.8 Å². The van der Waals surface area contributed by atoms with Gasteiger partial charge in [0.15, 0.2) is 0 Å². The predicted molar refractivity (Wildman–Crippen MR) is 322 cm³/mol. The molecule has 0 amide bonds. The highest BCUT2D eigenvalue weighted by Gasteiger charge is 2.18. The first kappa shape index (κ1) is 47.1. The smallest absolute Gasteiger partial charge is 0.0462 e. The van der Waals surface area contributed by atoms with Crippen molar-refractivity contribution >= 4 is 62.6 Å². The van der Waals surface area contributed by atoms with E-state index in [0.29, 0.717) is 0 Å². The molecular formula is C72H56N4. The van der Waals surface area contributed by atoms with Crippen molar-refractivity contribution in [3.63, 3.8) is 0 Å². The fourth-order valence-corrected chi connectivity index (χ4v) is 10.3. The minimum atomic E-state index is 1.05. The largest absolute Gasteiger partial charge is 0.311 e. The Morgan fingerprint density at radius 2 is 0.382 bits per heavy atom. The monoisotopic (exact) mass is 976 g/mol. The summed E-state index contributed by atoms with van der Waals surface area (Å²) in [6.45, 7) is 0. The van der Waals surface area contributed by atoms with Gasteiger partial charge in [0, 0.05) is 68.3 Å². The van der Waals surface area contributed by atoms with E-state index in [2.05, 4.69) is 335 Å². The minimum Gasteiger partial charge on any atom is -0.311 e. The molecule has 0 saturated heterocycles. The van der Waals surface area contributed by atoms with Crippen LogP contribution in [0.25, 0.3) is 33.4 Å². The second-order valence-electron chi connectivity index (χ2n) is 18.9. The van der Waals surface area contributed by atoms with Gasteiger partial charge in [0.05, 0.1) is 0 Å². The molecular weight excluding hydrogens is 921 g/mol. The van der Waals surface area contributed by atoms with Crippen LogP contribution in [0.4, 0.5) is 62.6 Å². The van der Waals surface area contributed by atoms with E-state index in [9.17, 15) is 0 Å². The first-order valence-corrected chi connectivity index (χ1v) is 26.1. The number of anilines is 11. The summed E-state index contributed by atoms with van der Waals surface area (Å²) in [5.41, 5.74) is 20.4. The summed E-state index contributed by atoms with van der Waals surface area (Å²) >= 11 is 0. The van der Waals surface area contributed by atoms with Gasteiger partial charge in [-0.15, -0.1) is 0 Å². The number of allylic oxidation sites excluding steroid dienone is 3. The van der Waals surface area contributed by atoms with Gasteiger partial charge in [-0.3, -0.25) is 0 Å². The van der Waals surface area contributed by atoms with Crippen LogP contribution in [-0.2, 0) is 0 Å². The normalized spacial score (nSPS) is 11.9. The third kappa shape index (κ3) is 10.2. The summed E-state index contributed by atoms with van der Waals surface area (Å²) in [5, 5.41) is 0. The SMILES string of the molecule is C1=CC(N(c2ccccc2)c2ccc(-c3ccc(N(c4ccccc4)c4ccc(-c5ccc(N(c6ccccc6)c6ccc(-c7ccc(N(c8ccccc8)c8ccccc8)cc7)cc6)cc5)cc4)cc3)cc2)=CCC1. The highest BCUT2D eigenvalue weighted by molar-refractivity contribution is 5.84. The molecule has 0 heterocycles. The van der Waals surface area contributed by atoms with Crippen LogP contribution >= 0.6 is 0 Å². The summed E-state index contributed by atoms with van der Waals surface area (Å²) in [5.74, 6) is 0. The zero-order valence-electron chi connectivity index (χ0n) is 42.2. The first-order valence-electron chi connectivity index (χ1n) is 26.1. The Morgan fingerprint density at radius 3 is 0.592 bits per heavy atom. The third-order valence-corrected chi connectivity index (χ3v) is 14.1. The molecule has 4 heteroatoms. The Kier molecular flexibility index (Phi) is 13.7. The van der Waals surface area contributed by atoms with Crippen molar-refractivity contribution < 1.29 is 0 Å². The van der Waals surface area contributed by atoms with Crippen LogP contribution in [0.5, 0.6) is 0 Å². The summed E-state index contributed by atoms with van der Waals surface area (Å²) < 4.78 is 0. The maximum Gasteiger partial charge on any atom is 0.0462 e. The van der Waals surface area contributed by atoms with Gasteiger partial charge in [0.25, 0.3) is 0 Å². The van der Waals surface area contributed by atoms with E-state index in [4.69, 9.17) is 0 Å². The number of hydrogen-bond acceptors (Lipinski definition) is 4. The first-order chi connectivity index (χ1) is 37.7. The lowest BCUT2D eigenvalue weighted by atomic mass is 10.0. The number of hydrogen-bond donors (Lipinski definition) is 0. The standard InChI is InChI=1S/C72H56N4/c1-7-19-61(20-8-1)73(62-21-9-2-10-22-62)67-43-31-55(32-44-67)57-35-47-69(48-36-57)75(65-27-15-5-16-28-65)71-51-39-59(40-52-71)60-41-53-72(54-42-60)76(66-29-17-6-18-30-66)70-49-37-58(38-50-70)56-33-45-68(46-34-56)74(63-23-11-3-12-24-63)64-25-13-4-14-26-64/h1-3,5-13,15-54H,4,14H2. The minimum absolute atomic E-state index is 1.05. The van der Waals surface area contributed by atoms with Crippen LogP contribution in [0.1, 0.15) is 12.8 Å². The molecule has 0 bridgehead atoms. The number of benzene rings is 11. The van der Waals surface area contributed by atoms with E-state index in [0.717, 1.165) is 97.7 Å². The van der Waals surface area contributed by atoms with E-state index in [1.807, 2.05) is 0 Å². The van der Waals surface area contributed by atoms with Crippen molar-refractivity contribution in [2.24, 2.45) is 0 Å². The van der Waals surface area contributed by atoms with E-state index < -0.39 is 0 Å². The molecule has 0 aliphatic heterocycles. The lowest BCUT2D eigenvalue weighted by Crippen LogP contribution is -2.16. The Balaban J connectivity index is 0.771. The molecule has 0 saturated carbocycles. The lowest BCUT2D eigenvalue weighted by molar-refractivity contribution is 0.997. The molecule has 0 atom stereocenters. The van der Waals surface area contributed by atoms with Crippen molar-refractivity contribution in [1.82, 2.24) is 0 Å². The molecule has 12 rings (SSSR count). The molecule has 0 N–H and O–H groups in total. The van der Waals surface area contributed by atoms with Crippen LogP contribution in [0.15, 0.2) is 321 Å². The molecule has 0 fully saturated rings. The van der Waals surface area contributed by atoms with Gasteiger partial charge in [-0.25, -0.2) is 0 Å². The topological polar surface area (TPSA) is 13.0 Å². The van der Waals surface area contributed by atoms with Gasteiger partial charge in [0.2, 0.25) is 0 Å². The van der Waals surface area contributed by atoms with Crippen LogP contribution in [0.2, 0.25) is 0 Å². The quantitative estimate of drug-likeness (QED) is 0.101. The fraction of sp³-hybridized carbons (Fsp3) is 0.0278. The predicted octanol–water partition coefficient (Wildman–Crippen LogP) is 20.5. The van der Waals surface area contributed by atoms with Crippen LogP contribution < -0.4 is 19.6 Å². The Bertz CT molecular complexity index is 3640. The van der Waals surface area contributed by atoms with Crippen molar-refractivity contribution in [2.75, 3.05) is 19.6 Å². The Hall–Kier alpha value is -9.90. The second-order valence-corrected chi connectivity index (χ2v) is 18.9. The average molecular weight is 977 g/mol. The van der Waals surface area contributed by atoms with Gasteiger partial charge in [0.1, 0.15) is 0 Å². The fourth-order valence-electron chi connectivity index (χ4n) is 10.3. The van der Waals surface area contributed by atoms with Gasteiger partial charge in [-0.1, -0.05) is 176 Å². The lowest BCUT2D eigenvalue weighted by Gasteiger charge is -2.28. The maximum atomic E-state index is 2.34. The van der Waals surface area contributed by atoms with Crippen LogP contribution in [-0.4, -0.2) is 0 Å². The summed E-state index contributed by atoms with van der Waals surface area (Å²) in [6, 6.07) is 106. The molecule has 11 aromatic carbocycles. The Labute approximate surface area is 447 Å². The summed E-state index contributed by atoms with van der Waals surface area (Å²) in [7, 11) is 0. The summed E-state index contributed by atoms with van der Waals surface area (Å²) in [6.07, 6.45) is 8.97. The van der Waals surface area contributed by atoms with Crippen molar-refractivity contribution in [3.05, 3.63) is 321 Å². The summed E-state index contributed by atoms with van der Waals surface area (Å²) in [4.78, 5) is 9.28.